The van der Waals surface area contributed by atoms with Crippen molar-refractivity contribution in [1.29, 1.82) is 0 Å². The van der Waals surface area contributed by atoms with E-state index in [2.05, 4.69) is 15.5 Å². The third kappa shape index (κ3) is 2.11. The van der Waals surface area contributed by atoms with Crippen LogP contribution in [0.15, 0.2) is 30.5 Å². The molecule has 0 radical (unpaired) electrons. The maximum absolute atomic E-state index is 11.8. The van der Waals surface area contributed by atoms with Crippen LogP contribution in [0.2, 0.25) is 0 Å². The van der Waals surface area contributed by atoms with Gasteiger partial charge in [-0.05, 0) is 26.0 Å². The Hall–Kier alpha value is -2.10. The first-order valence-corrected chi connectivity index (χ1v) is 5.05. The quantitative estimate of drug-likeness (QED) is 0.807. The smallest absolute Gasteiger partial charge is 0.256 e. The number of hydrogen-bond donors (Lipinski definition) is 2. The summed E-state index contributed by atoms with van der Waals surface area (Å²) in [5.41, 5.74) is 2.69. The number of benzene rings is 1. The van der Waals surface area contributed by atoms with Crippen LogP contribution in [0.4, 0.5) is 5.82 Å². The van der Waals surface area contributed by atoms with Gasteiger partial charge in [0, 0.05) is 11.1 Å². The summed E-state index contributed by atoms with van der Waals surface area (Å²) in [6.07, 6.45) is 1.67. The summed E-state index contributed by atoms with van der Waals surface area (Å²) in [5, 5.41) is 9.35. The van der Waals surface area contributed by atoms with Gasteiger partial charge in [-0.1, -0.05) is 17.7 Å². The lowest BCUT2D eigenvalue weighted by molar-refractivity contribution is 0.102. The maximum Gasteiger partial charge on any atom is 0.256 e. The zero-order valence-electron chi connectivity index (χ0n) is 9.24. The van der Waals surface area contributed by atoms with Crippen molar-refractivity contribution < 1.29 is 4.79 Å². The van der Waals surface area contributed by atoms with Gasteiger partial charge < -0.3 is 5.32 Å². The Kier molecular flexibility index (Phi) is 2.72. The Morgan fingerprint density at radius 3 is 2.50 bits per heavy atom. The molecule has 2 aromatic rings. The van der Waals surface area contributed by atoms with Crippen LogP contribution >= 0.6 is 0 Å². The number of nitrogens with zero attached hydrogens (tertiary/aromatic N) is 1. The predicted octanol–water partition coefficient (Wildman–Crippen LogP) is 2.28. The van der Waals surface area contributed by atoms with Crippen molar-refractivity contribution in [2.24, 2.45) is 0 Å². The lowest BCUT2D eigenvalue weighted by atomic mass is 10.1. The molecule has 1 aromatic heterocycles. The van der Waals surface area contributed by atoms with Crippen molar-refractivity contribution >= 4 is 11.7 Å². The van der Waals surface area contributed by atoms with Crippen molar-refractivity contribution in [1.82, 2.24) is 10.2 Å². The average Bonchev–Trinajstić information content (AvgIpc) is 2.65. The third-order valence-corrected chi connectivity index (χ3v) is 2.38. The van der Waals surface area contributed by atoms with Crippen LogP contribution < -0.4 is 5.32 Å². The van der Waals surface area contributed by atoms with Crippen molar-refractivity contribution in [3.8, 4) is 0 Å². The number of carbonyl (C=O) groups excluding carboxylic acids is 1. The Bertz CT molecular complexity index is 499. The van der Waals surface area contributed by atoms with Crippen LogP contribution in [0.25, 0.3) is 0 Å². The second kappa shape index (κ2) is 4.18. The monoisotopic (exact) mass is 215 g/mol. The fourth-order valence-electron chi connectivity index (χ4n) is 1.36. The van der Waals surface area contributed by atoms with Crippen molar-refractivity contribution in [3.05, 3.63) is 47.2 Å². The Morgan fingerprint density at radius 2 is 1.94 bits per heavy atom. The molecule has 0 fully saturated rings. The standard InChI is InChI=1S/C12H13N3O/c1-8-3-5-10(6-4-8)12(16)14-11-9(2)7-13-15-11/h3-7H,1-2H3,(H2,13,14,15,16). The van der Waals surface area contributed by atoms with Crippen LogP contribution in [0.3, 0.4) is 0 Å². The molecule has 4 heteroatoms. The highest BCUT2D eigenvalue weighted by Crippen LogP contribution is 2.11. The normalized spacial score (nSPS) is 10.1. The SMILES string of the molecule is Cc1ccc(C(=O)Nc2[nH]ncc2C)cc1. The molecule has 0 unspecified atom stereocenters. The minimum absolute atomic E-state index is 0.132. The molecule has 4 nitrogen and oxygen atoms in total. The molecular formula is C12H13N3O. The lowest BCUT2D eigenvalue weighted by Gasteiger charge is -2.03. The molecule has 2 rings (SSSR count). The highest BCUT2D eigenvalue weighted by molar-refractivity contribution is 6.04. The molecule has 0 atom stereocenters. The second-order valence-corrected chi connectivity index (χ2v) is 3.75. The van der Waals surface area contributed by atoms with E-state index in [1.165, 1.54) is 0 Å². The van der Waals surface area contributed by atoms with E-state index in [1.54, 1.807) is 18.3 Å². The second-order valence-electron chi connectivity index (χ2n) is 3.75. The van der Waals surface area contributed by atoms with Crippen LogP contribution in [0.5, 0.6) is 0 Å². The van der Waals surface area contributed by atoms with Gasteiger partial charge in [-0.25, -0.2) is 0 Å². The van der Waals surface area contributed by atoms with E-state index in [4.69, 9.17) is 0 Å². The van der Waals surface area contributed by atoms with E-state index in [0.29, 0.717) is 11.4 Å². The van der Waals surface area contributed by atoms with Gasteiger partial charge >= 0.3 is 0 Å². The van der Waals surface area contributed by atoms with Crippen LogP contribution in [-0.2, 0) is 0 Å². The molecule has 2 N–H and O–H groups in total. The van der Waals surface area contributed by atoms with Gasteiger partial charge in [-0.15, -0.1) is 0 Å². The molecule has 0 aliphatic rings. The van der Waals surface area contributed by atoms with Crippen molar-refractivity contribution in [2.75, 3.05) is 5.32 Å². The number of rotatable bonds is 2. The summed E-state index contributed by atoms with van der Waals surface area (Å²) in [7, 11) is 0. The van der Waals surface area contributed by atoms with Crippen molar-refractivity contribution in [2.45, 2.75) is 13.8 Å². The molecule has 0 aliphatic heterocycles. The summed E-state index contributed by atoms with van der Waals surface area (Å²) in [5.74, 6) is 0.512. The summed E-state index contributed by atoms with van der Waals surface area (Å²) >= 11 is 0. The zero-order valence-corrected chi connectivity index (χ0v) is 9.24. The molecule has 0 saturated carbocycles. The Morgan fingerprint density at radius 1 is 1.25 bits per heavy atom. The fourth-order valence-corrected chi connectivity index (χ4v) is 1.36. The Labute approximate surface area is 93.7 Å². The first-order valence-electron chi connectivity index (χ1n) is 5.05. The summed E-state index contributed by atoms with van der Waals surface area (Å²) in [6.45, 7) is 3.87. The van der Waals surface area contributed by atoms with E-state index in [9.17, 15) is 4.79 Å². The van der Waals surface area contributed by atoms with Crippen LogP contribution in [-0.4, -0.2) is 16.1 Å². The minimum Gasteiger partial charge on any atom is -0.307 e. The van der Waals surface area contributed by atoms with Gasteiger partial charge in [0.15, 0.2) is 0 Å². The molecule has 1 amide bonds. The van der Waals surface area contributed by atoms with Gasteiger partial charge in [-0.3, -0.25) is 9.89 Å². The van der Waals surface area contributed by atoms with Gasteiger partial charge in [0.05, 0.1) is 6.20 Å². The fraction of sp³-hybridized carbons (Fsp3) is 0.167. The summed E-state index contributed by atoms with van der Waals surface area (Å²) in [6, 6.07) is 7.43. The highest BCUT2D eigenvalue weighted by atomic mass is 16.1. The topological polar surface area (TPSA) is 57.8 Å². The number of anilines is 1. The van der Waals surface area contributed by atoms with E-state index < -0.39 is 0 Å². The minimum atomic E-state index is -0.132. The number of amides is 1. The highest BCUT2D eigenvalue weighted by Gasteiger charge is 2.07. The molecule has 0 spiro atoms. The van der Waals surface area contributed by atoms with Gasteiger partial charge in [-0.2, -0.15) is 5.10 Å². The van der Waals surface area contributed by atoms with Crippen molar-refractivity contribution in [3.63, 3.8) is 0 Å². The van der Waals surface area contributed by atoms with E-state index in [-0.39, 0.29) is 5.91 Å². The van der Waals surface area contributed by atoms with E-state index in [0.717, 1.165) is 11.1 Å². The number of aromatic amines is 1. The lowest BCUT2D eigenvalue weighted by Crippen LogP contribution is -2.12. The predicted molar refractivity (Wildman–Crippen MR) is 62.5 cm³/mol. The van der Waals surface area contributed by atoms with Gasteiger partial charge in [0.2, 0.25) is 0 Å². The molecule has 0 aliphatic carbocycles. The first-order chi connectivity index (χ1) is 7.66. The Balaban J connectivity index is 2.15. The number of nitrogens with one attached hydrogen (secondary N) is 2. The average molecular weight is 215 g/mol. The molecule has 1 heterocycles. The third-order valence-electron chi connectivity index (χ3n) is 2.38. The number of aryl methyl sites for hydroxylation is 2. The molecule has 82 valence electrons. The zero-order chi connectivity index (χ0) is 11.5. The van der Waals surface area contributed by atoms with E-state index >= 15 is 0 Å². The largest absolute Gasteiger partial charge is 0.307 e. The van der Waals surface area contributed by atoms with Crippen LogP contribution in [0.1, 0.15) is 21.5 Å². The molecular weight excluding hydrogens is 202 g/mol. The summed E-state index contributed by atoms with van der Waals surface area (Å²) < 4.78 is 0. The molecule has 1 aromatic carbocycles. The van der Waals surface area contributed by atoms with E-state index in [1.807, 2.05) is 26.0 Å². The number of aromatic nitrogens is 2. The molecule has 0 bridgehead atoms. The number of carbonyl (C=O) groups is 1. The summed E-state index contributed by atoms with van der Waals surface area (Å²) in [4.78, 5) is 11.8. The molecule has 16 heavy (non-hydrogen) atoms. The van der Waals surface area contributed by atoms with Gasteiger partial charge in [0.1, 0.15) is 5.82 Å². The number of H-pyrrole nitrogens is 1. The first kappa shape index (κ1) is 10.4. The van der Waals surface area contributed by atoms with Gasteiger partial charge in [0.25, 0.3) is 5.91 Å². The number of hydrogen-bond acceptors (Lipinski definition) is 2. The molecule has 0 saturated heterocycles. The van der Waals surface area contributed by atoms with Crippen LogP contribution in [0, 0.1) is 13.8 Å². The maximum atomic E-state index is 11.8.